The van der Waals surface area contributed by atoms with Crippen molar-refractivity contribution >= 4 is 17.4 Å². The summed E-state index contributed by atoms with van der Waals surface area (Å²) in [5.74, 6) is 1.40. The summed E-state index contributed by atoms with van der Waals surface area (Å²) in [5, 5.41) is 3.15. The molecule has 0 saturated carbocycles. The van der Waals surface area contributed by atoms with E-state index < -0.39 is 0 Å². The molecule has 0 fully saturated rings. The van der Waals surface area contributed by atoms with Gasteiger partial charge in [-0.1, -0.05) is 20.8 Å². The molecular formula is C13H22ClN3O. The lowest BCUT2D eigenvalue weighted by atomic mass is 10.1. The van der Waals surface area contributed by atoms with Gasteiger partial charge in [0.05, 0.1) is 0 Å². The number of aryl methyl sites for hydroxylation is 1. The van der Waals surface area contributed by atoms with Gasteiger partial charge in [-0.05, 0) is 18.8 Å². The number of hydrogen-bond donors (Lipinski definition) is 1. The largest absolute Gasteiger partial charge is 0.362 e. The Bertz CT molecular complexity index is 417. The molecular weight excluding hydrogens is 250 g/mol. The van der Waals surface area contributed by atoms with Crippen molar-refractivity contribution < 1.29 is 0 Å². The summed E-state index contributed by atoms with van der Waals surface area (Å²) in [6, 6.07) is 0.0874. The van der Waals surface area contributed by atoms with Crippen molar-refractivity contribution in [3.8, 4) is 0 Å². The van der Waals surface area contributed by atoms with E-state index >= 15 is 0 Å². The Balaban J connectivity index is 2.83. The Morgan fingerprint density at radius 1 is 1.50 bits per heavy atom. The van der Waals surface area contributed by atoms with Gasteiger partial charge in [0.25, 0.3) is 5.56 Å². The first kappa shape index (κ1) is 15.0. The van der Waals surface area contributed by atoms with Crippen LogP contribution in [0.1, 0.15) is 33.6 Å². The van der Waals surface area contributed by atoms with Crippen molar-refractivity contribution in [3.63, 3.8) is 0 Å². The molecule has 0 spiro atoms. The van der Waals surface area contributed by atoms with Gasteiger partial charge in [0, 0.05) is 30.9 Å². The number of nitrogens with zero attached hydrogens (tertiary/aromatic N) is 2. The Morgan fingerprint density at radius 2 is 2.22 bits per heavy atom. The Kier molecular flexibility index (Phi) is 6.19. The Hall–Kier alpha value is -1.03. The van der Waals surface area contributed by atoms with Gasteiger partial charge in [-0.2, -0.15) is 0 Å². The molecule has 5 heteroatoms. The lowest BCUT2D eigenvalue weighted by Crippen LogP contribution is -2.31. The SMILES string of the molecule is CCCn1ccnc(NC(CCl)CC(C)C)c1=O. The highest BCUT2D eigenvalue weighted by molar-refractivity contribution is 6.18. The van der Waals surface area contributed by atoms with Crippen molar-refractivity contribution in [1.29, 1.82) is 0 Å². The zero-order valence-electron chi connectivity index (χ0n) is 11.3. The number of halogens is 1. The van der Waals surface area contributed by atoms with Crippen LogP contribution in [-0.4, -0.2) is 21.5 Å². The minimum absolute atomic E-state index is 0.0711. The van der Waals surface area contributed by atoms with E-state index in [9.17, 15) is 4.79 Å². The number of hydrogen-bond acceptors (Lipinski definition) is 3. The molecule has 0 aliphatic rings. The maximum absolute atomic E-state index is 12.1. The normalized spacial score (nSPS) is 12.7. The van der Waals surface area contributed by atoms with Crippen LogP contribution in [0.4, 0.5) is 5.82 Å². The van der Waals surface area contributed by atoms with Crippen molar-refractivity contribution in [3.05, 3.63) is 22.7 Å². The zero-order valence-corrected chi connectivity index (χ0v) is 12.1. The third kappa shape index (κ3) is 4.33. The lowest BCUT2D eigenvalue weighted by Gasteiger charge is -2.18. The average Bonchev–Trinajstić information content (AvgIpc) is 2.33. The molecule has 0 aromatic carbocycles. The molecule has 0 aliphatic heterocycles. The molecule has 18 heavy (non-hydrogen) atoms. The van der Waals surface area contributed by atoms with Crippen molar-refractivity contribution in [2.75, 3.05) is 11.2 Å². The van der Waals surface area contributed by atoms with E-state index in [2.05, 4.69) is 24.1 Å². The van der Waals surface area contributed by atoms with Crippen LogP contribution in [0.2, 0.25) is 0 Å². The van der Waals surface area contributed by atoms with E-state index in [0.717, 1.165) is 12.8 Å². The first-order chi connectivity index (χ1) is 8.58. The molecule has 102 valence electrons. The van der Waals surface area contributed by atoms with Gasteiger partial charge < -0.3 is 9.88 Å². The number of rotatable bonds is 7. The van der Waals surface area contributed by atoms with Crippen LogP contribution in [0, 0.1) is 5.92 Å². The fourth-order valence-electron chi connectivity index (χ4n) is 1.89. The number of nitrogens with one attached hydrogen (secondary N) is 1. The van der Waals surface area contributed by atoms with E-state index in [1.54, 1.807) is 17.0 Å². The highest BCUT2D eigenvalue weighted by atomic mass is 35.5. The highest BCUT2D eigenvalue weighted by Crippen LogP contribution is 2.10. The molecule has 0 bridgehead atoms. The molecule has 1 atom stereocenters. The zero-order chi connectivity index (χ0) is 13.5. The second-order valence-electron chi connectivity index (χ2n) is 4.90. The third-order valence-corrected chi connectivity index (χ3v) is 3.03. The minimum Gasteiger partial charge on any atom is -0.362 e. The topological polar surface area (TPSA) is 46.9 Å². The van der Waals surface area contributed by atoms with Crippen LogP contribution < -0.4 is 10.9 Å². The van der Waals surface area contributed by atoms with Gasteiger partial charge in [0.15, 0.2) is 5.82 Å². The second-order valence-corrected chi connectivity index (χ2v) is 5.21. The maximum atomic E-state index is 12.1. The van der Waals surface area contributed by atoms with E-state index in [1.807, 2.05) is 6.92 Å². The molecule has 0 amide bonds. The Morgan fingerprint density at radius 3 is 2.78 bits per heavy atom. The quantitative estimate of drug-likeness (QED) is 0.776. The molecule has 1 heterocycles. The van der Waals surface area contributed by atoms with Gasteiger partial charge in [0.1, 0.15) is 0 Å². The molecule has 0 saturated heterocycles. The van der Waals surface area contributed by atoms with Crippen molar-refractivity contribution in [1.82, 2.24) is 9.55 Å². The fraction of sp³-hybridized carbons (Fsp3) is 0.692. The summed E-state index contributed by atoms with van der Waals surface area (Å²) in [7, 11) is 0. The van der Waals surface area contributed by atoms with Crippen LogP contribution in [0.3, 0.4) is 0 Å². The summed E-state index contributed by atoms with van der Waals surface area (Å²) in [4.78, 5) is 16.2. The number of anilines is 1. The van der Waals surface area contributed by atoms with Gasteiger partial charge in [0.2, 0.25) is 0 Å². The fourth-order valence-corrected chi connectivity index (χ4v) is 2.09. The van der Waals surface area contributed by atoms with Gasteiger partial charge in [-0.25, -0.2) is 4.98 Å². The van der Waals surface area contributed by atoms with Gasteiger partial charge in [-0.15, -0.1) is 11.6 Å². The second kappa shape index (κ2) is 7.41. The molecule has 4 nitrogen and oxygen atoms in total. The molecule has 1 rings (SSSR count). The summed E-state index contributed by atoms with van der Waals surface area (Å²) >= 11 is 5.92. The first-order valence-electron chi connectivity index (χ1n) is 6.46. The third-order valence-electron chi connectivity index (χ3n) is 2.66. The van der Waals surface area contributed by atoms with E-state index in [0.29, 0.717) is 24.2 Å². The monoisotopic (exact) mass is 271 g/mol. The number of alkyl halides is 1. The lowest BCUT2D eigenvalue weighted by molar-refractivity contribution is 0.539. The van der Waals surface area contributed by atoms with Crippen LogP contribution in [0.25, 0.3) is 0 Å². The van der Waals surface area contributed by atoms with E-state index in [1.165, 1.54) is 0 Å². The minimum atomic E-state index is -0.0711. The van der Waals surface area contributed by atoms with Crippen LogP contribution in [-0.2, 0) is 6.54 Å². The Labute approximate surface area is 113 Å². The summed E-state index contributed by atoms with van der Waals surface area (Å²) in [6.07, 6.45) is 5.22. The van der Waals surface area contributed by atoms with Crippen LogP contribution in [0.5, 0.6) is 0 Å². The predicted octanol–water partition coefficient (Wildman–Crippen LogP) is 2.72. The molecule has 1 unspecified atom stereocenters. The molecule has 1 aromatic rings. The number of aromatic nitrogens is 2. The highest BCUT2D eigenvalue weighted by Gasteiger charge is 2.13. The summed E-state index contributed by atoms with van der Waals surface area (Å²) in [5.41, 5.74) is -0.0711. The van der Waals surface area contributed by atoms with Gasteiger partial charge >= 0.3 is 0 Å². The van der Waals surface area contributed by atoms with Crippen LogP contribution >= 0.6 is 11.6 Å². The maximum Gasteiger partial charge on any atom is 0.293 e. The molecule has 1 aromatic heterocycles. The molecule has 0 aliphatic carbocycles. The smallest absolute Gasteiger partial charge is 0.293 e. The van der Waals surface area contributed by atoms with E-state index in [-0.39, 0.29) is 11.6 Å². The first-order valence-corrected chi connectivity index (χ1v) is 6.99. The van der Waals surface area contributed by atoms with Crippen LogP contribution in [0.15, 0.2) is 17.2 Å². The summed E-state index contributed by atoms with van der Waals surface area (Å²) in [6.45, 7) is 7.02. The van der Waals surface area contributed by atoms with Crippen molar-refractivity contribution in [2.45, 2.75) is 46.2 Å². The molecule has 1 N–H and O–H groups in total. The van der Waals surface area contributed by atoms with Crippen molar-refractivity contribution in [2.24, 2.45) is 5.92 Å². The van der Waals surface area contributed by atoms with Gasteiger partial charge in [-0.3, -0.25) is 4.79 Å². The van der Waals surface area contributed by atoms with E-state index in [4.69, 9.17) is 11.6 Å². The summed E-state index contributed by atoms with van der Waals surface area (Å²) < 4.78 is 1.68. The molecule has 0 radical (unpaired) electrons. The average molecular weight is 272 g/mol. The standard InChI is InChI=1S/C13H22ClN3O/c1-4-6-17-7-5-15-12(13(17)18)16-11(9-14)8-10(2)3/h5,7,10-11H,4,6,8-9H2,1-3H3,(H,15,16). The predicted molar refractivity (Wildman–Crippen MR) is 76.4 cm³/mol.